The van der Waals surface area contributed by atoms with E-state index < -0.39 is 5.60 Å². The van der Waals surface area contributed by atoms with Crippen molar-refractivity contribution in [3.05, 3.63) is 18.3 Å². The molecule has 0 atom stereocenters. The highest BCUT2D eigenvalue weighted by Crippen LogP contribution is 2.25. The van der Waals surface area contributed by atoms with Crippen molar-refractivity contribution >= 4 is 11.5 Å². The Morgan fingerprint density at radius 3 is 2.69 bits per heavy atom. The summed E-state index contributed by atoms with van der Waals surface area (Å²) < 4.78 is 0. The molecule has 2 heterocycles. The summed E-state index contributed by atoms with van der Waals surface area (Å²) in [6, 6.07) is 3.68. The molecule has 4 heteroatoms. The molecular weight excluding hydrogens is 166 g/mol. The van der Waals surface area contributed by atoms with Crippen molar-refractivity contribution in [3.8, 4) is 0 Å². The molecule has 13 heavy (non-hydrogen) atoms. The molecular formula is C9H13N3O. The number of aromatic nitrogens is 1. The fraction of sp³-hybridized carbons (Fsp3) is 0.444. The van der Waals surface area contributed by atoms with Gasteiger partial charge in [0, 0.05) is 13.1 Å². The second-order valence-corrected chi connectivity index (χ2v) is 3.80. The molecule has 0 spiro atoms. The number of β-amino-alcohol motifs (C(OH)–C–C–N with tert-alkyl or cyclic N) is 1. The summed E-state index contributed by atoms with van der Waals surface area (Å²) in [5, 5.41) is 9.51. The Hall–Kier alpha value is -1.29. The molecule has 1 aromatic rings. The lowest BCUT2D eigenvalue weighted by molar-refractivity contribution is 0.0305. The third-order valence-electron chi connectivity index (χ3n) is 2.16. The number of nitrogen functional groups attached to an aromatic ring is 1. The summed E-state index contributed by atoms with van der Waals surface area (Å²) in [5.41, 5.74) is 5.62. The summed E-state index contributed by atoms with van der Waals surface area (Å²) in [6.07, 6.45) is 1.63. The molecule has 1 aromatic heterocycles. The highest BCUT2D eigenvalue weighted by molar-refractivity contribution is 5.48. The first-order valence-electron chi connectivity index (χ1n) is 4.26. The van der Waals surface area contributed by atoms with E-state index in [9.17, 15) is 5.11 Å². The van der Waals surface area contributed by atoms with Crippen LogP contribution in [0, 0.1) is 0 Å². The van der Waals surface area contributed by atoms with Gasteiger partial charge in [-0.05, 0) is 19.1 Å². The van der Waals surface area contributed by atoms with Gasteiger partial charge in [0.1, 0.15) is 5.82 Å². The molecule has 2 rings (SSSR count). The number of hydrogen-bond acceptors (Lipinski definition) is 4. The summed E-state index contributed by atoms with van der Waals surface area (Å²) in [7, 11) is 0. The fourth-order valence-corrected chi connectivity index (χ4v) is 1.52. The second kappa shape index (κ2) is 2.60. The Balaban J connectivity index is 2.08. The monoisotopic (exact) mass is 179 g/mol. The van der Waals surface area contributed by atoms with E-state index in [1.807, 2.05) is 24.0 Å². The van der Waals surface area contributed by atoms with Crippen LogP contribution in [0.1, 0.15) is 6.92 Å². The van der Waals surface area contributed by atoms with Gasteiger partial charge in [0.25, 0.3) is 0 Å². The van der Waals surface area contributed by atoms with Crippen LogP contribution >= 0.6 is 0 Å². The van der Waals surface area contributed by atoms with E-state index >= 15 is 0 Å². The van der Waals surface area contributed by atoms with Gasteiger partial charge in [-0.3, -0.25) is 0 Å². The summed E-state index contributed by atoms with van der Waals surface area (Å²) >= 11 is 0. The van der Waals surface area contributed by atoms with E-state index in [1.54, 1.807) is 6.20 Å². The summed E-state index contributed by atoms with van der Waals surface area (Å²) in [6.45, 7) is 3.11. The summed E-state index contributed by atoms with van der Waals surface area (Å²) in [5.74, 6) is 0.876. The van der Waals surface area contributed by atoms with E-state index in [2.05, 4.69) is 4.98 Å². The molecule has 0 saturated carbocycles. The number of pyridine rings is 1. The number of hydrogen-bond donors (Lipinski definition) is 2. The first-order chi connectivity index (χ1) is 6.07. The Morgan fingerprint density at radius 1 is 1.54 bits per heavy atom. The number of rotatable bonds is 1. The van der Waals surface area contributed by atoms with E-state index in [-0.39, 0.29) is 0 Å². The van der Waals surface area contributed by atoms with Gasteiger partial charge in [-0.15, -0.1) is 0 Å². The number of nitrogens with zero attached hydrogens (tertiary/aromatic N) is 2. The first kappa shape index (κ1) is 8.31. The highest BCUT2D eigenvalue weighted by atomic mass is 16.3. The van der Waals surface area contributed by atoms with Gasteiger partial charge < -0.3 is 15.7 Å². The molecule has 3 N–H and O–H groups in total. The maximum absolute atomic E-state index is 9.51. The lowest BCUT2D eigenvalue weighted by Crippen LogP contribution is -2.60. The van der Waals surface area contributed by atoms with E-state index in [0.717, 1.165) is 5.82 Å². The fourth-order valence-electron chi connectivity index (χ4n) is 1.52. The molecule has 1 saturated heterocycles. The molecule has 0 radical (unpaired) electrons. The van der Waals surface area contributed by atoms with Crippen LogP contribution in [0.15, 0.2) is 18.3 Å². The van der Waals surface area contributed by atoms with E-state index in [1.165, 1.54) is 0 Å². The molecule has 70 valence electrons. The van der Waals surface area contributed by atoms with Crippen LogP contribution < -0.4 is 10.6 Å². The average Bonchev–Trinajstić information content (AvgIpc) is 2.01. The maximum Gasteiger partial charge on any atom is 0.128 e. The topological polar surface area (TPSA) is 62.4 Å². The van der Waals surface area contributed by atoms with Gasteiger partial charge in [0.05, 0.1) is 17.5 Å². The largest absolute Gasteiger partial charge is 0.397 e. The minimum absolute atomic E-state index is 0.553. The zero-order valence-electron chi connectivity index (χ0n) is 7.57. The van der Waals surface area contributed by atoms with Crippen molar-refractivity contribution in [2.45, 2.75) is 12.5 Å². The van der Waals surface area contributed by atoms with Crippen LogP contribution in [0.4, 0.5) is 11.5 Å². The SMILES string of the molecule is CC1(O)CN(c2ccc(N)cn2)C1. The van der Waals surface area contributed by atoms with Gasteiger partial charge in [-0.1, -0.05) is 0 Å². The Bertz CT molecular complexity index is 299. The molecule has 0 aliphatic carbocycles. The number of aliphatic hydroxyl groups is 1. The third kappa shape index (κ3) is 1.58. The van der Waals surface area contributed by atoms with Crippen molar-refractivity contribution in [3.63, 3.8) is 0 Å². The molecule has 0 unspecified atom stereocenters. The van der Waals surface area contributed by atoms with Crippen molar-refractivity contribution in [2.75, 3.05) is 23.7 Å². The lowest BCUT2D eigenvalue weighted by atomic mass is 9.97. The van der Waals surface area contributed by atoms with Crippen LogP contribution in [0.2, 0.25) is 0 Å². The molecule has 0 bridgehead atoms. The lowest BCUT2D eigenvalue weighted by Gasteiger charge is -2.44. The Morgan fingerprint density at radius 2 is 2.23 bits per heavy atom. The quantitative estimate of drug-likeness (QED) is 0.648. The van der Waals surface area contributed by atoms with Gasteiger partial charge in [-0.2, -0.15) is 0 Å². The van der Waals surface area contributed by atoms with Crippen LogP contribution in [0.25, 0.3) is 0 Å². The standard InChI is InChI=1S/C9H13N3O/c1-9(13)5-12(6-9)8-3-2-7(10)4-11-8/h2-4,13H,5-6,10H2,1H3. The Kier molecular flexibility index (Phi) is 1.66. The Labute approximate surface area is 77.0 Å². The van der Waals surface area contributed by atoms with Gasteiger partial charge in [-0.25, -0.2) is 4.98 Å². The minimum atomic E-state index is -0.553. The normalized spacial score (nSPS) is 19.7. The minimum Gasteiger partial charge on any atom is -0.397 e. The maximum atomic E-state index is 9.51. The van der Waals surface area contributed by atoms with Crippen molar-refractivity contribution in [1.82, 2.24) is 4.98 Å². The van der Waals surface area contributed by atoms with Crippen LogP contribution in [0.5, 0.6) is 0 Å². The van der Waals surface area contributed by atoms with Crippen LogP contribution in [0.3, 0.4) is 0 Å². The third-order valence-corrected chi connectivity index (χ3v) is 2.16. The molecule has 4 nitrogen and oxygen atoms in total. The second-order valence-electron chi connectivity index (χ2n) is 3.80. The number of anilines is 2. The van der Waals surface area contributed by atoms with Crippen molar-refractivity contribution in [1.29, 1.82) is 0 Å². The highest BCUT2D eigenvalue weighted by Gasteiger charge is 2.36. The molecule has 0 aromatic carbocycles. The molecule has 1 aliphatic rings. The van der Waals surface area contributed by atoms with E-state index in [4.69, 9.17) is 5.73 Å². The zero-order chi connectivity index (χ0) is 9.47. The van der Waals surface area contributed by atoms with Crippen molar-refractivity contribution in [2.24, 2.45) is 0 Å². The summed E-state index contributed by atoms with van der Waals surface area (Å²) in [4.78, 5) is 6.17. The van der Waals surface area contributed by atoms with E-state index in [0.29, 0.717) is 18.8 Å². The van der Waals surface area contributed by atoms with Gasteiger partial charge >= 0.3 is 0 Å². The molecule has 1 fully saturated rings. The van der Waals surface area contributed by atoms with Crippen LogP contribution in [-0.4, -0.2) is 28.8 Å². The predicted octanol–water partition coefficient (Wildman–Crippen LogP) is 0.235. The molecule has 0 amide bonds. The molecule has 1 aliphatic heterocycles. The number of nitrogens with two attached hydrogens (primary N) is 1. The first-order valence-corrected chi connectivity index (χ1v) is 4.26. The van der Waals surface area contributed by atoms with Gasteiger partial charge in [0.2, 0.25) is 0 Å². The van der Waals surface area contributed by atoms with Crippen molar-refractivity contribution < 1.29 is 5.11 Å². The van der Waals surface area contributed by atoms with Gasteiger partial charge in [0.15, 0.2) is 0 Å². The smallest absolute Gasteiger partial charge is 0.128 e. The average molecular weight is 179 g/mol. The van der Waals surface area contributed by atoms with Crippen LogP contribution in [-0.2, 0) is 0 Å². The predicted molar refractivity (Wildman–Crippen MR) is 51.5 cm³/mol. The zero-order valence-corrected chi connectivity index (χ0v) is 7.57.